The summed E-state index contributed by atoms with van der Waals surface area (Å²) in [5.74, 6) is -2.15. The van der Waals surface area contributed by atoms with E-state index in [0.717, 1.165) is 23.8 Å². The molecule has 1 aliphatic rings. The Balaban J connectivity index is 2.61. The average Bonchev–Trinajstić information content (AvgIpc) is 2.28. The maximum atomic E-state index is 13.4. The normalized spacial score (nSPS) is 22.9. The van der Waals surface area contributed by atoms with Crippen LogP contribution < -0.4 is 11.2 Å². The van der Waals surface area contributed by atoms with Crippen LogP contribution in [-0.2, 0) is 0 Å². The number of hydrogen-bond acceptors (Lipinski definition) is 3. The minimum absolute atomic E-state index is 0.218. The summed E-state index contributed by atoms with van der Waals surface area (Å²) >= 11 is 0. The first-order valence-electron chi connectivity index (χ1n) is 6.08. The van der Waals surface area contributed by atoms with Crippen LogP contribution in [0.15, 0.2) is 9.59 Å². The highest BCUT2D eigenvalue weighted by atomic mass is 19.1. The summed E-state index contributed by atoms with van der Waals surface area (Å²) in [6, 6.07) is -0.301. The van der Waals surface area contributed by atoms with Gasteiger partial charge in [-0.15, -0.1) is 0 Å². The summed E-state index contributed by atoms with van der Waals surface area (Å²) in [5, 5.41) is 9.71. The lowest BCUT2D eigenvalue weighted by atomic mass is 9.73. The van der Waals surface area contributed by atoms with Gasteiger partial charge in [0.2, 0.25) is 11.7 Å². The fourth-order valence-electron chi connectivity index (χ4n) is 2.76. The molecule has 0 radical (unpaired) electrons. The Bertz CT molecular complexity index is 574. The van der Waals surface area contributed by atoms with Crippen LogP contribution in [0.5, 0.6) is 5.88 Å². The van der Waals surface area contributed by atoms with E-state index >= 15 is 0 Å². The van der Waals surface area contributed by atoms with Gasteiger partial charge in [0.15, 0.2) is 0 Å². The van der Waals surface area contributed by atoms with Gasteiger partial charge in [0.05, 0.1) is 0 Å². The summed E-state index contributed by atoms with van der Waals surface area (Å²) in [5.41, 5.74) is -2.15. The number of nitrogens with one attached hydrogen (secondary N) is 1. The molecule has 1 unspecified atom stereocenters. The first-order valence-corrected chi connectivity index (χ1v) is 6.08. The van der Waals surface area contributed by atoms with E-state index in [2.05, 4.69) is 0 Å². The van der Waals surface area contributed by atoms with Crippen LogP contribution in [0.1, 0.15) is 45.6 Å². The fraction of sp³-hybridized carbons (Fsp3) is 0.667. The molecule has 0 aromatic carbocycles. The zero-order chi connectivity index (χ0) is 13.5. The molecular weight excluding hydrogens is 239 g/mol. The highest BCUT2D eigenvalue weighted by Gasteiger charge is 2.36. The van der Waals surface area contributed by atoms with E-state index in [4.69, 9.17) is 0 Å². The van der Waals surface area contributed by atoms with E-state index < -0.39 is 22.9 Å². The molecule has 18 heavy (non-hydrogen) atoms. The number of halogens is 1. The van der Waals surface area contributed by atoms with Gasteiger partial charge < -0.3 is 5.11 Å². The fourth-order valence-corrected chi connectivity index (χ4v) is 2.76. The van der Waals surface area contributed by atoms with Crippen molar-refractivity contribution in [1.82, 2.24) is 9.55 Å². The Labute approximate surface area is 103 Å². The van der Waals surface area contributed by atoms with E-state index in [-0.39, 0.29) is 11.5 Å². The molecule has 1 aliphatic carbocycles. The summed E-state index contributed by atoms with van der Waals surface area (Å²) in [6.07, 6.45) is 3.54. The first-order chi connectivity index (χ1) is 8.34. The van der Waals surface area contributed by atoms with Gasteiger partial charge in [-0.05, 0) is 18.3 Å². The van der Waals surface area contributed by atoms with E-state index in [0.29, 0.717) is 6.42 Å². The van der Waals surface area contributed by atoms with Crippen molar-refractivity contribution in [2.24, 2.45) is 5.41 Å². The van der Waals surface area contributed by atoms with Gasteiger partial charge in [-0.2, -0.15) is 4.39 Å². The summed E-state index contributed by atoms with van der Waals surface area (Å²) in [4.78, 5) is 24.7. The molecule has 6 heteroatoms. The Hall–Kier alpha value is -1.59. The lowest BCUT2D eigenvalue weighted by Gasteiger charge is -2.39. The second-order valence-corrected chi connectivity index (χ2v) is 5.52. The van der Waals surface area contributed by atoms with E-state index in [1.807, 2.05) is 18.8 Å². The Kier molecular flexibility index (Phi) is 3.04. The standard InChI is InChI=1S/C12H17FN2O3/c1-12(2)6-4-3-5-7(12)15-10(17)8(13)9(16)14-11(15)18/h7,17H,3-6H2,1-2H3,(H,14,16,18). The predicted octanol–water partition coefficient (Wildman–Crippen LogP) is 1.52. The largest absolute Gasteiger partial charge is 0.492 e. The van der Waals surface area contributed by atoms with Crippen LogP contribution in [0.4, 0.5) is 4.39 Å². The molecule has 1 atom stereocenters. The molecule has 0 aliphatic heterocycles. The number of H-pyrrole nitrogens is 1. The molecule has 2 N–H and O–H groups in total. The maximum Gasteiger partial charge on any atom is 0.331 e. The minimum atomic E-state index is -1.30. The molecule has 0 bridgehead atoms. The summed E-state index contributed by atoms with van der Waals surface area (Å²) < 4.78 is 14.4. The van der Waals surface area contributed by atoms with E-state index in [1.54, 1.807) is 0 Å². The SMILES string of the molecule is CC1(C)CCCCC1n1c(O)c(F)c(=O)[nH]c1=O. The molecule has 1 saturated carbocycles. The van der Waals surface area contributed by atoms with Crippen LogP contribution in [-0.4, -0.2) is 14.7 Å². The predicted molar refractivity (Wildman–Crippen MR) is 64.2 cm³/mol. The van der Waals surface area contributed by atoms with Crippen molar-refractivity contribution >= 4 is 0 Å². The molecule has 1 aromatic rings. The van der Waals surface area contributed by atoms with Crippen LogP contribution in [0.3, 0.4) is 0 Å². The quantitative estimate of drug-likeness (QED) is 0.800. The number of aromatic amines is 1. The Morgan fingerprint density at radius 2 is 2.06 bits per heavy atom. The molecule has 1 fully saturated rings. The van der Waals surface area contributed by atoms with Crippen molar-refractivity contribution in [2.75, 3.05) is 0 Å². The van der Waals surface area contributed by atoms with Crippen LogP contribution in [0.25, 0.3) is 0 Å². The van der Waals surface area contributed by atoms with Crippen LogP contribution in [0.2, 0.25) is 0 Å². The third-order valence-electron chi connectivity index (χ3n) is 3.83. The highest BCUT2D eigenvalue weighted by molar-refractivity contribution is 5.12. The van der Waals surface area contributed by atoms with Crippen molar-refractivity contribution in [3.8, 4) is 5.88 Å². The van der Waals surface area contributed by atoms with Crippen LogP contribution in [0, 0.1) is 11.2 Å². The van der Waals surface area contributed by atoms with Gasteiger partial charge in [-0.3, -0.25) is 14.3 Å². The number of nitrogens with zero attached hydrogens (tertiary/aromatic N) is 1. The number of aromatic nitrogens is 2. The minimum Gasteiger partial charge on any atom is -0.492 e. The van der Waals surface area contributed by atoms with Gasteiger partial charge in [0.25, 0.3) is 5.56 Å². The van der Waals surface area contributed by atoms with Crippen molar-refractivity contribution in [3.63, 3.8) is 0 Å². The second-order valence-electron chi connectivity index (χ2n) is 5.52. The Morgan fingerprint density at radius 3 is 2.67 bits per heavy atom. The van der Waals surface area contributed by atoms with Gasteiger partial charge in [-0.25, -0.2) is 4.79 Å². The molecule has 1 heterocycles. The van der Waals surface area contributed by atoms with Crippen molar-refractivity contribution < 1.29 is 9.50 Å². The zero-order valence-electron chi connectivity index (χ0n) is 10.5. The summed E-state index contributed by atoms with van der Waals surface area (Å²) in [6.45, 7) is 3.96. The van der Waals surface area contributed by atoms with Crippen molar-refractivity contribution in [1.29, 1.82) is 0 Å². The van der Waals surface area contributed by atoms with Crippen molar-refractivity contribution in [3.05, 3.63) is 26.7 Å². The van der Waals surface area contributed by atoms with E-state index in [1.165, 1.54) is 0 Å². The smallest absolute Gasteiger partial charge is 0.331 e. The summed E-state index contributed by atoms with van der Waals surface area (Å²) in [7, 11) is 0. The lowest BCUT2D eigenvalue weighted by Crippen LogP contribution is -2.40. The number of aromatic hydroxyl groups is 1. The third-order valence-corrected chi connectivity index (χ3v) is 3.83. The lowest BCUT2D eigenvalue weighted by molar-refractivity contribution is 0.127. The van der Waals surface area contributed by atoms with Crippen LogP contribution >= 0.6 is 0 Å². The average molecular weight is 256 g/mol. The van der Waals surface area contributed by atoms with Gasteiger partial charge in [-0.1, -0.05) is 26.7 Å². The monoisotopic (exact) mass is 256 g/mol. The molecule has 5 nitrogen and oxygen atoms in total. The molecule has 0 spiro atoms. The second kappa shape index (κ2) is 4.26. The van der Waals surface area contributed by atoms with Gasteiger partial charge in [0, 0.05) is 6.04 Å². The molecule has 100 valence electrons. The molecule has 2 rings (SSSR count). The molecule has 1 aromatic heterocycles. The maximum absolute atomic E-state index is 13.4. The highest BCUT2D eigenvalue weighted by Crippen LogP contribution is 2.44. The number of hydrogen-bond donors (Lipinski definition) is 2. The van der Waals surface area contributed by atoms with Gasteiger partial charge >= 0.3 is 5.69 Å². The van der Waals surface area contributed by atoms with E-state index in [9.17, 15) is 19.1 Å². The van der Waals surface area contributed by atoms with Gasteiger partial charge in [0.1, 0.15) is 0 Å². The number of rotatable bonds is 1. The zero-order valence-corrected chi connectivity index (χ0v) is 10.5. The molecule has 0 amide bonds. The first kappa shape index (κ1) is 12.9. The molecular formula is C12H17FN2O3. The topological polar surface area (TPSA) is 75.1 Å². The van der Waals surface area contributed by atoms with Crippen molar-refractivity contribution in [2.45, 2.75) is 45.6 Å². The third kappa shape index (κ3) is 1.95. The molecule has 0 saturated heterocycles. The Morgan fingerprint density at radius 1 is 1.39 bits per heavy atom.